The van der Waals surface area contributed by atoms with Crippen LogP contribution in [0.2, 0.25) is 0 Å². The summed E-state index contributed by atoms with van der Waals surface area (Å²) in [6.45, 7) is 0.635. The number of hydrogen-bond donors (Lipinski definition) is 2. The van der Waals surface area contributed by atoms with Crippen LogP contribution in [0.1, 0.15) is 17.7 Å². The van der Waals surface area contributed by atoms with Gasteiger partial charge < -0.3 is 15.0 Å². The first-order chi connectivity index (χ1) is 11.7. The predicted octanol–water partition coefficient (Wildman–Crippen LogP) is 4.12. The van der Waals surface area contributed by atoms with Gasteiger partial charge in [0.1, 0.15) is 0 Å². The van der Waals surface area contributed by atoms with E-state index in [2.05, 4.69) is 15.4 Å². The van der Waals surface area contributed by atoms with Crippen LogP contribution in [0.5, 0.6) is 0 Å². The van der Waals surface area contributed by atoms with Crippen LogP contribution in [0, 0.1) is 0 Å². The Labute approximate surface area is 144 Å². The summed E-state index contributed by atoms with van der Waals surface area (Å²) in [5.74, 6) is 0. The van der Waals surface area contributed by atoms with Crippen molar-refractivity contribution >= 4 is 34.8 Å². The third-order valence-corrected chi connectivity index (χ3v) is 4.58. The number of thiophene rings is 1. The second-order valence-corrected chi connectivity index (χ2v) is 6.59. The minimum atomic E-state index is -0.525. The topological polar surface area (TPSA) is 70.7 Å². The Balaban J connectivity index is 1.61. The van der Waals surface area contributed by atoms with Crippen molar-refractivity contribution in [1.29, 1.82) is 0 Å². The van der Waals surface area contributed by atoms with Crippen LogP contribution in [0.3, 0.4) is 0 Å². The summed E-state index contributed by atoms with van der Waals surface area (Å²) >= 11 is 1.66. The summed E-state index contributed by atoms with van der Waals surface area (Å²) in [5.41, 5.74) is 1.30. The van der Waals surface area contributed by atoms with Crippen LogP contribution in [-0.2, 0) is 11.3 Å². The molecule has 0 unspecified atom stereocenters. The average Bonchev–Trinajstić information content (AvgIpc) is 3.30. The van der Waals surface area contributed by atoms with Crippen molar-refractivity contribution in [3.63, 3.8) is 0 Å². The fourth-order valence-corrected chi connectivity index (χ4v) is 3.03. The highest BCUT2D eigenvalue weighted by atomic mass is 32.1. The predicted molar refractivity (Wildman–Crippen MR) is 94.4 cm³/mol. The SMILES string of the molecule is COC(=O)Nc1ccc(NC(=O)N(Cc2cccs2)C2CC2)cc1. The standard InChI is InChI=1S/C17H19N3O3S/c1-23-17(22)19-13-6-4-12(5-7-13)18-16(21)20(14-8-9-14)11-15-3-2-10-24-15/h2-7,10,14H,8-9,11H2,1H3,(H,18,21)(H,19,22). The molecular formula is C17H19N3O3S. The van der Waals surface area contributed by atoms with Gasteiger partial charge in [0.25, 0.3) is 0 Å². The van der Waals surface area contributed by atoms with Crippen molar-refractivity contribution in [3.8, 4) is 0 Å². The number of methoxy groups -OCH3 is 1. The van der Waals surface area contributed by atoms with Gasteiger partial charge in [0, 0.05) is 22.3 Å². The van der Waals surface area contributed by atoms with Gasteiger partial charge in [-0.2, -0.15) is 0 Å². The lowest BCUT2D eigenvalue weighted by Crippen LogP contribution is -2.36. The number of rotatable bonds is 5. The van der Waals surface area contributed by atoms with Gasteiger partial charge in [-0.25, -0.2) is 9.59 Å². The van der Waals surface area contributed by atoms with Crippen molar-refractivity contribution < 1.29 is 14.3 Å². The van der Waals surface area contributed by atoms with Crippen LogP contribution < -0.4 is 10.6 Å². The molecule has 0 aliphatic heterocycles. The number of benzene rings is 1. The van der Waals surface area contributed by atoms with Crippen molar-refractivity contribution in [2.45, 2.75) is 25.4 Å². The molecule has 1 heterocycles. The van der Waals surface area contributed by atoms with Crippen molar-refractivity contribution in [3.05, 3.63) is 46.7 Å². The minimum Gasteiger partial charge on any atom is -0.453 e. The quantitative estimate of drug-likeness (QED) is 0.856. The zero-order chi connectivity index (χ0) is 16.9. The Bertz CT molecular complexity index is 696. The van der Waals surface area contributed by atoms with E-state index in [1.165, 1.54) is 12.0 Å². The van der Waals surface area contributed by atoms with Gasteiger partial charge in [0.15, 0.2) is 0 Å². The maximum absolute atomic E-state index is 12.6. The van der Waals surface area contributed by atoms with Gasteiger partial charge in [-0.1, -0.05) is 6.07 Å². The Morgan fingerprint density at radius 1 is 1.17 bits per heavy atom. The molecule has 2 N–H and O–H groups in total. The minimum absolute atomic E-state index is 0.0976. The number of carbonyl (C=O) groups excluding carboxylic acids is 2. The fraction of sp³-hybridized carbons (Fsp3) is 0.294. The number of nitrogens with one attached hydrogen (secondary N) is 2. The maximum Gasteiger partial charge on any atom is 0.411 e. The molecule has 1 aliphatic rings. The van der Waals surface area contributed by atoms with E-state index in [1.807, 2.05) is 22.4 Å². The van der Waals surface area contributed by atoms with Crippen molar-refractivity contribution in [1.82, 2.24) is 4.90 Å². The number of ether oxygens (including phenoxy) is 1. The lowest BCUT2D eigenvalue weighted by Gasteiger charge is -2.22. The highest BCUT2D eigenvalue weighted by Gasteiger charge is 2.32. The number of nitrogens with zero attached hydrogens (tertiary/aromatic N) is 1. The first-order valence-corrected chi connectivity index (χ1v) is 8.58. The molecule has 1 aromatic heterocycles. The van der Waals surface area contributed by atoms with Crippen LogP contribution in [0.15, 0.2) is 41.8 Å². The van der Waals surface area contributed by atoms with Gasteiger partial charge >= 0.3 is 12.1 Å². The molecule has 0 atom stereocenters. The van der Waals surface area contributed by atoms with E-state index in [4.69, 9.17) is 0 Å². The summed E-state index contributed by atoms with van der Waals surface area (Å²) in [7, 11) is 1.31. The molecule has 0 saturated heterocycles. The normalized spacial score (nSPS) is 13.2. The molecule has 1 aliphatic carbocycles. The second-order valence-electron chi connectivity index (χ2n) is 5.56. The maximum atomic E-state index is 12.6. The first kappa shape index (κ1) is 16.3. The Morgan fingerprint density at radius 2 is 1.83 bits per heavy atom. The van der Waals surface area contributed by atoms with Crippen molar-refractivity contribution in [2.24, 2.45) is 0 Å². The van der Waals surface area contributed by atoms with Crippen molar-refractivity contribution in [2.75, 3.05) is 17.7 Å². The summed E-state index contributed by atoms with van der Waals surface area (Å²) in [5, 5.41) is 7.51. The molecule has 126 valence electrons. The van der Waals surface area contributed by atoms with Gasteiger partial charge in [-0.05, 0) is 48.6 Å². The Kier molecular flexibility index (Phi) is 5.00. The number of anilines is 2. The van der Waals surface area contributed by atoms with Gasteiger partial charge in [-0.3, -0.25) is 5.32 Å². The third kappa shape index (κ3) is 4.26. The van der Waals surface area contributed by atoms with E-state index in [0.29, 0.717) is 24.0 Å². The summed E-state index contributed by atoms with van der Waals surface area (Å²) in [4.78, 5) is 26.8. The van der Waals surface area contributed by atoms with E-state index in [0.717, 1.165) is 12.8 Å². The lowest BCUT2D eigenvalue weighted by molar-refractivity contribution is 0.187. The zero-order valence-corrected chi connectivity index (χ0v) is 14.1. The monoisotopic (exact) mass is 345 g/mol. The van der Waals surface area contributed by atoms with E-state index >= 15 is 0 Å². The molecule has 1 saturated carbocycles. The molecule has 0 radical (unpaired) electrons. The van der Waals surface area contributed by atoms with E-state index in [9.17, 15) is 9.59 Å². The molecular weight excluding hydrogens is 326 g/mol. The fourth-order valence-electron chi connectivity index (χ4n) is 2.32. The number of carbonyl (C=O) groups is 2. The zero-order valence-electron chi connectivity index (χ0n) is 13.3. The van der Waals surface area contributed by atoms with E-state index < -0.39 is 6.09 Å². The largest absolute Gasteiger partial charge is 0.453 e. The second kappa shape index (κ2) is 7.35. The molecule has 6 nitrogen and oxygen atoms in total. The molecule has 0 bridgehead atoms. The van der Waals surface area contributed by atoms with Crippen LogP contribution in [0.25, 0.3) is 0 Å². The Hall–Kier alpha value is -2.54. The number of hydrogen-bond acceptors (Lipinski definition) is 4. The number of amides is 3. The highest BCUT2D eigenvalue weighted by molar-refractivity contribution is 7.09. The molecule has 1 fully saturated rings. The molecule has 3 amide bonds. The first-order valence-electron chi connectivity index (χ1n) is 7.71. The molecule has 0 spiro atoms. The smallest absolute Gasteiger partial charge is 0.411 e. The molecule has 3 rings (SSSR count). The number of urea groups is 1. The van der Waals surface area contributed by atoms with Crippen LogP contribution >= 0.6 is 11.3 Å². The molecule has 1 aromatic carbocycles. The average molecular weight is 345 g/mol. The van der Waals surface area contributed by atoms with E-state index in [-0.39, 0.29) is 6.03 Å². The van der Waals surface area contributed by atoms with Crippen LogP contribution in [0.4, 0.5) is 21.0 Å². The van der Waals surface area contributed by atoms with Gasteiger partial charge in [-0.15, -0.1) is 11.3 Å². The summed E-state index contributed by atoms with van der Waals surface area (Å²) in [6, 6.07) is 11.2. The van der Waals surface area contributed by atoms with Gasteiger partial charge in [0.2, 0.25) is 0 Å². The van der Waals surface area contributed by atoms with Crippen LogP contribution in [-0.4, -0.2) is 30.2 Å². The van der Waals surface area contributed by atoms with E-state index in [1.54, 1.807) is 35.6 Å². The lowest BCUT2D eigenvalue weighted by atomic mass is 10.3. The molecule has 2 aromatic rings. The molecule has 24 heavy (non-hydrogen) atoms. The summed E-state index contributed by atoms with van der Waals surface area (Å²) < 4.78 is 4.54. The Morgan fingerprint density at radius 3 is 2.38 bits per heavy atom. The van der Waals surface area contributed by atoms with Gasteiger partial charge in [0.05, 0.1) is 13.7 Å². The summed E-state index contributed by atoms with van der Waals surface area (Å²) in [6.07, 6.45) is 1.59. The molecule has 7 heteroatoms. The third-order valence-electron chi connectivity index (χ3n) is 3.72. The highest BCUT2D eigenvalue weighted by Crippen LogP contribution is 2.30.